The summed E-state index contributed by atoms with van der Waals surface area (Å²) in [6, 6.07) is 7.29. The molecule has 18 heavy (non-hydrogen) atoms. The van der Waals surface area contributed by atoms with Crippen LogP contribution in [0.1, 0.15) is 18.6 Å². The Morgan fingerprint density at radius 2 is 1.78 bits per heavy atom. The van der Waals surface area contributed by atoms with Gasteiger partial charge in [-0.2, -0.15) is 8.78 Å². The molecule has 1 aromatic rings. The Morgan fingerprint density at radius 3 is 2.22 bits per heavy atom. The smallest absolute Gasteiger partial charge is 0.382 e. The van der Waals surface area contributed by atoms with Crippen molar-refractivity contribution in [2.24, 2.45) is 0 Å². The molecular formula is C12H12F2O4. The zero-order valence-corrected chi connectivity index (χ0v) is 9.85. The average Bonchev–Trinajstić information content (AvgIpc) is 2.35. The summed E-state index contributed by atoms with van der Waals surface area (Å²) in [5, 5.41) is 0. The summed E-state index contributed by atoms with van der Waals surface area (Å²) < 4.78 is 36.1. The van der Waals surface area contributed by atoms with Crippen molar-refractivity contribution in [2.75, 3.05) is 7.11 Å². The van der Waals surface area contributed by atoms with Gasteiger partial charge in [-0.05, 0) is 5.56 Å². The van der Waals surface area contributed by atoms with Crippen molar-refractivity contribution in [3.63, 3.8) is 0 Å². The molecule has 0 saturated carbocycles. The van der Waals surface area contributed by atoms with Crippen molar-refractivity contribution in [1.82, 2.24) is 0 Å². The van der Waals surface area contributed by atoms with E-state index >= 15 is 0 Å². The SMILES string of the molecule is COC(=O)C(F)(F)[C@@H](OC(C)=O)c1ccccc1. The van der Waals surface area contributed by atoms with E-state index in [4.69, 9.17) is 0 Å². The predicted octanol–water partition coefficient (Wildman–Crippen LogP) is 2.10. The second-order valence-electron chi connectivity index (χ2n) is 3.51. The number of halogens is 2. The Bertz CT molecular complexity index is 431. The van der Waals surface area contributed by atoms with E-state index in [-0.39, 0.29) is 5.56 Å². The molecule has 98 valence electrons. The van der Waals surface area contributed by atoms with Gasteiger partial charge in [-0.25, -0.2) is 4.79 Å². The lowest BCUT2D eigenvalue weighted by atomic mass is 10.0. The Morgan fingerprint density at radius 1 is 1.22 bits per heavy atom. The molecule has 0 radical (unpaired) electrons. The van der Waals surface area contributed by atoms with Gasteiger partial charge in [-0.1, -0.05) is 30.3 Å². The Labute approximate surface area is 103 Å². The minimum atomic E-state index is -3.94. The number of benzene rings is 1. The third-order valence-corrected chi connectivity index (χ3v) is 2.17. The summed E-state index contributed by atoms with van der Waals surface area (Å²) in [6.07, 6.45) is -2.00. The highest BCUT2D eigenvalue weighted by Crippen LogP contribution is 2.35. The summed E-state index contributed by atoms with van der Waals surface area (Å²) in [5.74, 6) is -6.60. The van der Waals surface area contributed by atoms with Crippen molar-refractivity contribution in [1.29, 1.82) is 0 Å². The van der Waals surface area contributed by atoms with Gasteiger partial charge in [0, 0.05) is 6.92 Å². The minimum Gasteiger partial charge on any atom is -0.464 e. The first kappa shape index (κ1) is 14.1. The largest absolute Gasteiger partial charge is 0.464 e. The number of methoxy groups -OCH3 is 1. The molecule has 0 unspecified atom stereocenters. The van der Waals surface area contributed by atoms with Crippen molar-refractivity contribution in [2.45, 2.75) is 19.0 Å². The molecule has 0 spiro atoms. The van der Waals surface area contributed by atoms with Crippen molar-refractivity contribution >= 4 is 11.9 Å². The van der Waals surface area contributed by atoms with Crippen LogP contribution < -0.4 is 0 Å². The number of rotatable bonds is 4. The van der Waals surface area contributed by atoms with E-state index in [1.54, 1.807) is 6.07 Å². The normalized spacial score (nSPS) is 12.7. The van der Waals surface area contributed by atoms with Gasteiger partial charge in [0.1, 0.15) is 0 Å². The summed E-state index contributed by atoms with van der Waals surface area (Å²) >= 11 is 0. The lowest BCUT2D eigenvalue weighted by Crippen LogP contribution is -2.38. The maximum atomic E-state index is 13.8. The maximum Gasteiger partial charge on any atom is 0.382 e. The zero-order chi connectivity index (χ0) is 13.8. The molecule has 0 fully saturated rings. The fourth-order valence-electron chi connectivity index (χ4n) is 1.39. The molecule has 0 aliphatic heterocycles. The van der Waals surface area contributed by atoms with E-state index in [0.29, 0.717) is 0 Å². The van der Waals surface area contributed by atoms with Gasteiger partial charge in [0.15, 0.2) is 0 Å². The monoisotopic (exact) mass is 258 g/mol. The lowest BCUT2D eigenvalue weighted by Gasteiger charge is -2.24. The Balaban J connectivity index is 3.13. The van der Waals surface area contributed by atoms with Gasteiger partial charge >= 0.3 is 17.9 Å². The van der Waals surface area contributed by atoms with Crippen LogP contribution >= 0.6 is 0 Å². The van der Waals surface area contributed by atoms with Gasteiger partial charge in [0.25, 0.3) is 0 Å². The third-order valence-electron chi connectivity index (χ3n) is 2.17. The minimum absolute atomic E-state index is 0.0168. The number of alkyl halides is 2. The standard InChI is InChI=1S/C12H12F2O4/c1-8(15)18-10(9-6-4-3-5-7-9)12(13,14)11(16)17-2/h3-7,10H,1-2H3/t10-/m0/s1. The first-order chi connectivity index (χ1) is 8.39. The van der Waals surface area contributed by atoms with Gasteiger partial charge in [0.05, 0.1) is 7.11 Å². The van der Waals surface area contributed by atoms with E-state index in [2.05, 4.69) is 9.47 Å². The number of hydrogen-bond acceptors (Lipinski definition) is 4. The molecule has 0 aliphatic rings. The summed E-state index contributed by atoms with van der Waals surface area (Å²) in [6.45, 7) is 0.989. The topological polar surface area (TPSA) is 52.6 Å². The summed E-state index contributed by atoms with van der Waals surface area (Å²) in [5.41, 5.74) is 0.0168. The van der Waals surface area contributed by atoms with Gasteiger partial charge in [-0.15, -0.1) is 0 Å². The quantitative estimate of drug-likeness (QED) is 0.776. The molecule has 0 amide bonds. The van der Waals surface area contributed by atoms with Crippen LogP contribution in [0.3, 0.4) is 0 Å². The van der Waals surface area contributed by atoms with Gasteiger partial charge < -0.3 is 9.47 Å². The lowest BCUT2D eigenvalue weighted by molar-refractivity contribution is -0.196. The third kappa shape index (κ3) is 3.03. The number of ether oxygens (including phenoxy) is 2. The first-order valence-corrected chi connectivity index (χ1v) is 5.08. The highest BCUT2D eigenvalue weighted by molar-refractivity contribution is 5.79. The molecule has 1 aromatic carbocycles. The number of esters is 2. The van der Waals surface area contributed by atoms with E-state index < -0.39 is 24.0 Å². The van der Waals surface area contributed by atoms with Gasteiger partial charge in [0.2, 0.25) is 6.10 Å². The van der Waals surface area contributed by atoms with Crippen molar-refractivity contribution < 1.29 is 27.8 Å². The van der Waals surface area contributed by atoms with Gasteiger partial charge in [-0.3, -0.25) is 4.79 Å². The molecule has 6 heteroatoms. The first-order valence-electron chi connectivity index (χ1n) is 5.08. The molecular weight excluding hydrogens is 246 g/mol. The molecule has 1 atom stereocenters. The van der Waals surface area contributed by atoms with E-state index in [0.717, 1.165) is 14.0 Å². The second kappa shape index (κ2) is 5.57. The van der Waals surface area contributed by atoms with Crippen LogP contribution in [0.25, 0.3) is 0 Å². The zero-order valence-electron chi connectivity index (χ0n) is 9.85. The molecule has 0 N–H and O–H groups in total. The van der Waals surface area contributed by atoms with Crippen LogP contribution in [0.2, 0.25) is 0 Å². The fourth-order valence-corrected chi connectivity index (χ4v) is 1.39. The highest BCUT2D eigenvalue weighted by Gasteiger charge is 2.51. The van der Waals surface area contributed by atoms with Crippen LogP contribution in [0.4, 0.5) is 8.78 Å². The highest BCUT2D eigenvalue weighted by atomic mass is 19.3. The molecule has 0 heterocycles. The molecule has 4 nitrogen and oxygen atoms in total. The second-order valence-corrected chi connectivity index (χ2v) is 3.51. The summed E-state index contributed by atoms with van der Waals surface area (Å²) in [7, 11) is 0.839. The van der Waals surface area contributed by atoms with Crippen LogP contribution in [0.5, 0.6) is 0 Å². The van der Waals surface area contributed by atoms with Crippen molar-refractivity contribution in [3.8, 4) is 0 Å². The van der Waals surface area contributed by atoms with E-state index in [1.165, 1.54) is 24.3 Å². The molecule has 0 bridgehead atoms. The van der Waals surface area contributed by atoms with Crippen molar-refractivity contribution in [3.05, 3.63) is 35.9 Å². The van der Waals surface area contributed by atoms with Crippen LogP contribution in [-0.2, 0) is 19.1 Å². The molecule has 1 rings (SSSR count). The molecule has 0 saturated heterocycles. The van der Waals surface area contributed by atoms with E-state index in [1.807, 2.05) is 0 Å². The number of carbonyl (C=O) groups is 2. The maximum absolute atomic E-state index is 13.8. The molecule has 0 aliphatic carbocycles. The van der Waals surface area contributed by atoms with Crippen LogP contribution in [-0.4, -0.2) is 25.0 Å². The fraction of sp³-hybridized carbons (Fsp3) is 0.333. The number of hydrogen-bond donors (Lipinski definition) is 0. The van der Waals surface area contributed by atoms with Crippen LogP contribution in [0.15, 0.2) is 30.3 Å². The Hall–Kier alpha value is -1.98. The van der Waals surface area contributed by atoms with Crippen LogP contribution in [0, 0.1) is 0 Å². The molecule has 0 aromatic heterocycles. The summed E-state index contributed by atoms with van der Waals surface area (Å²) in [4.78, 5) is 21.9. The Kier molecular flexibility index (Phi) is 4.36. The van der Waals surface area contributed by atoms with E-state index in [9.17, 15) is 18.4 Å². The predicted molar refractivity (Wildman–Crippen MR) is 57.9 cm³/mol. The average molecular weight is 258 g/mol. The number of carbonyl (C=O) groups excluding carboxylic acids is 2.